The van der Waals surface area contributed by atoms with Gasteiger partial charge in [-0.15, -0.1) is 0 Å². The fraction of sp³-hybridized carbons (Fsp3) is 0.667. The summed E-state index contributed by atoms with van der Waals surface area (Å²) in [6.07, 6.45) is 3.07. The van der Waals surface area contributed by atoms with Crippen LogP contribution in [0.5, 0.6) is 0 Å². The molecule has 0 aromatic carbocycles. The number of oxazole rings is 1. The van der Waals surface area contributed by atoms with E-state index in [1.54, 1.807) is 4.90 Å². The summed E-state index contributed by atoms with van der Waals surface area (Å²) in [5, 5.41) is 2.74. The van der Waals surface area contributed by atoms with Gasteiger partial charge in [0, 0.05) is 19.0 Å². The van der Waals surface area contributed by atoms with Gasteiger partial charge in [-0.25, -0.2) is 4.98 Å². The van der Waals surface area contributed by atoms with E-state index < -0.39 is 0 Å². The number of nitrogens with one attached hydrogen (secondary N) is 1. The molecule has 0 saturated heterocycles. The highest BCUT2D eigenvalue weighted by Crippen LogP contribution is 2.10. The van der Waals surface area contributed by atoms with Crippen LogP contribution in [0.3, 0.4) is 0 Å². The Kier molecular flexibility index (Phi) is 6.91. The van der Waals surface area contributed by atoms with Crippen LogP contribution in [0.25, 0.3) is 0 Å². The maximum atomic E-state index is 12.1. The quantitative estimate of drug-likeness (QED) is 0.798. The van der Waals surface area contributed by atoms with Crippen molar-refractivity contribution in [1.82, 2.24) is 15.2 Å². The highest BCUT2D eigenvalue weighted by Gasteiger charge is 2.19. The first-order valence-corrected chi connectivity index (χ1v) is 7.50. The predicted molar refractivity (Wildman–Crippen MR) is 79.7 cm³/mol. The second-order valence-corrected chi connectivity index (χ2v) is 5.30. The molecule has 0 aliphatic heterocycles. The van der Waals surface area contributed by atoms with Crippen molar-refractivity contribution in [1.29, 1.82) is 0 Å². The smallest absolute Gasteiger partial charge is 0.273 e. The molecule has 0 fully saturated rings. The summed E-state index contributed by atoms with van der Waals surface area (Å²) < 4.78 is 5.31. The average molecular weight is 295 g/mol. The van der Waals surface area contributed by atoms with Crippen molar-refractivity contribution < 1.29 is 14.0 Å². The molecule has 2 amide bonds. The molecule has 0 aliphatic rings. The largest absolute Gasteiger partial charge is 0.446 e. The number of hydrogen-bond acceptors (Lipinski definition) is 4. The van der Waals surface area contributed by atoms with Gasteiger partial charge in [-0.05, 0) is 12.8 Å². The minimum Gasteiger partial charge on any atom is -0.446 e. The van der Waals surface area contributed by atoms with Crippen LogP contribution in [0, 0.1) is 5.92 Å². The molecular weight excluding hydrogens is 270 g/mol. The summed E-state index contributed by atoms with van der Waals surface area (Å²) in [6.45, 7) is 9.28. The Hall–Kier alpha value is -1.85. The van der Waals surface area contributed by atoms with E-state index in [0.29, 0.717) is 25.5 Å². The molecular formula is C15H25N3O3. The van der Waals surface area contributed by atoms with Crippen molar-refractivity contribution in [2.45, 2.75) is 47.1 Å². The minimum absolute atomic E-state index is 0.0621. The van der Waals surface area contributed by atoms with Crippen LogP contribution in [0.4, 0.5) is 0 Å². The van der Waals surface area contributed by atoms with E-state index in [1.165, 1.54) is 6.26 Å². The van der Waals surface area contributed by atoms with Gasteiger partial charge in [-0.3, -0.25) is 9.59 Å². The van der Waals surface area contributed by atoms with Gasteiger partial charge in [0.15, 0.2) is 5.69 Å². The maximum Gasteiger partial charge on any atom is 0.273 e. The Morgan fingerprint density at radius 1 is 1.33 bits per heavy atom. The normalized spacial score (nSPS) is 10.7. The summed E-state index contributed by atoms with van der Waals surface area (Å²) in [5.41, 5.74) is 0.256. The second kappa shape index (κ2) is 8.44. The molecule has 0 atom stereocenters. The van der Waals surface area contributed by atoms with Crippen LogP contribution < -0.4 is 5.32 Å². The molecule has 1 aromatic rings. The molecule has 6 heteroatoms. The third kappa shape index (κ3) is 5.21. The lowest BCUT2D eigenvalue weighted by atomic mass is 10.2. The number of nitrogens with zero attached hydrogens (tertiary/aromatic N) is 2. The van der Waals surface area contributed by atoms with E-state index in [-0.39, 0.29) is 23.4 Å². The molecule has 1 rings (SSSR count). The number of rotatable bonds is 8. The van der Waals surface area contributed by atoms with Crippen molar-refractivity contribution in [3.63, 3.8) is 0 Å². The van der Waals surface area contributed by atoms with Crippen molar-refractivity contribution >= 4 is 11.8 Å². The zero-order valence-electron chi connectivity index (χ0n) is 13.3. The molecule has 0 unspecified atom stereocenters. The molecule has 0 aliphatic carbocycles. The third-order valence-electron chi connectivity index (χ3n) is 2.95. The molecule has 1 aromatic heterocycles. The van der Waals surface area contributed by atoms with Gasteiger partial charge in [0.25, 0.3) is 5.91 Å². The fourth-order valence-electron chi connectivity index (χ4n) is 1.88. The summed E-state index contributed by atoms with van der Waals surface area (Å²) in [5.74, 6) is 0.133. The van der Waals surface area contributed by atoms with Gasteiger partial charge in [-0.2, -0.15) is 0 Å². The Bertz CT molecular complexity index is 468. The number of hydrogen-bond donors (Lipinski definition) is 1. The average Bonchev–Trinajstić information content (AvgIpc) is 2.92. The molecule has 0 spiro atoms. The zero-order chi connectivity index (χ0) is 15.8. The lowest BCUT2D eigenvalue weighted by Crippen LogP contribution is -2.34. The van der Waals surface area contributed by atoms with Crippen LogP contribution in [0.1, 0.15) is 56.9 Å². The second-order valence-electron chi connectivity index (χ2n) is 5.30. The molecule has 1 heterocycles. The lowest BCUT2D eigenvalue weighted by molar-refractivity contribution is -0.135. The molecule has 0 radical (unpaired) electrons. The van der Waals surface area contributed by atoms with E-state index in [9.17, 15) is 9.59 Å². The Morgan fingerprint density at radius 2 is 2.05 bits per heavy atom. The van der Waals surface area contributed by atoms with E-state index in [4.69, 9.17) is 4.42 Å². The van der Waals surface area contributed by atoms with Gasteiger partial charge in [0.1, 0.15) is 6.26 Å². The zero-order valence-corrected chi connectivity index (χ0v) is 13.3. The molecule has 6 nitrogen and oxygen atoms in total. The summed E-state index contributed by atoms with van der Waals surface area (Å²) in [7, 11) is 0. The van der Waals surface area contributed by atoms with Crippen molar-refractivity contribution in [3.8, 4) is 0 Å². The van der Waals surface area contributed by atoms with Crippen LogP contribution in [-0.4, -0.2) is 34.8 Å². The Labute approximate surface area is 125 Å². The van der Waals surface area contributed by atoms with Crippen molar-refractivity contribution in [2.75, 3.05) is 13.1 Å². The lowest BCUT2D eigenvalue weighted by Gasteiger charge is -2.22. The Morgan fingerprint density at radius 3 is 2.62 bits per heavy atom. The number of aromatic nitrogens is 1. The highest BCUT2D eigenvalue weighted by molar-refractivity contribution is 5.91. The van der Waals surface area contributed by atoms with E-state index in [0.717, 1.165) is 12.8 Å². The number of carbonyl (C=O) groups is 2. The molecule has 0 saturated carbocycles. The maximum absolute atomic E-state index is 12.1. The standard InChI is InChI=1S/C15H25N3O3/c1-5-7-16-14(19)12-10-21-13(17-12)9-18(8-6-2)15(20)11(3)4/h10-11H,5-9H2,1-4H3,(H,16,19). The Balaban J connectivity index is 2.70. The van der Waals surface area contributed by atoms with Gasteiger partial charge in [-0.1, -0.05) is 27.7 Å². The summed E-state index contributed by atoms with van der Waals surface area (Å²) in [6, 6.07) is 0. The van der Waals surface area contributed by atoms with Gasteiger partial charge >= 0.3 is 0 Å². The summed E-state index contributed by atoms with van der Waals surface area (Å²) in [4.78, 5) is 29.7. The van der Waals surface area contributed by atoms with E-state index in [1.807, 2.05) is 27.7 Å². The van der Waals surface area contributed by atoms with E-state index in [2.05, 4.69) is 10.3 Å². The first kappa shape index (κ1) is 17.2. The predicted octanol–water partition coefficient (Wildman–Crippen LogP) is 2.21. The van der Waals surface area contributed by atoms with Crippen LogP contribution in [0.15, 0.2) is 10.7 Å². The SMILES string of the molecule is CCCNC(=O)c1coc(CN(CCC)C(=O)C(C)C)n1. The minimum atomic E-state index is -0.246. The number of amides is 2. The highest BCUT2D eigenvalue weighted by atomic mass is 16.3. The molecule has 0 bridgehead atoms. The topological polar surface area (TPSA) is 75.4 Å². The van der Waals surface area contributed by atoms with Gasteiger partial charge < -0.3 is 14.6 Å². The molecule has 21 heavy (non-hydrogen) atoms. The van der Waals surface area contributed by atoms with Crippen LogP contribution in [0.2, 0.25) is 0 Å². The third-order valence-corrected chi connectivity index (χ3v) is 2.95. The first-order valence-electron chi connectivity index (χ1n) is 7.50. The molecule has 1 N–H and O–H groups in total. The fourth-order valence-corrected chi connectivity index (χ4v) is 1.88. The van der Waals surface area contributed by atoms with Crippen molar-refractivity contribution in [3.05, 3.63) is 17.8 Å². The van der Waals surface area contributed by atoms with Crippen molar-refractivity contribution in [2.24, 2.45) is 5.92 Å². The first-order chi connectivity index (χ1) is 9.99. The van der Waals surface area contributed by atoms with Gasteiger partial charge in [0.2, 0.25) is 11.8 Å². The van der Waals surface area contributed by atoms with Crippen LogP contribution in [-0.2, 0) is 11.3 Å². The monoisotopic (exact) mass is 295 g/mol. The number of carbonyl (C=O) groups excluding carboxylic acids is 2. The van der Waals surface area contributed by atoms with Crippen LogP contribution >= 0.6 is 0 Å². The van der Waals surface area contributed by atoms with Gasteiger partial charge in [0.05, 0.1) is 6.54 Å². The molecule has 118 valence electrons. The summed E-state index contributed by atoms with van der Waals surface area (Å²) >= 11 is 0. The van der Waals surface area contributed by atoms with E-state index >= 15 is 0 Å².